The van der Waals surface area contributed by atoms with Crippen molar-refractivity contribution >= 4 is 11.8 Å². The Labute approximate surface area is 125 Å². The van der Waals surface area contributed by atoms with Gasteiger partial charge in [-0.25, -0.2) is 0 Å². The average Bonchev–Trinajstić information content (AvgIpc) is 2.48. The van der Waals surface area contributed by atoms with Crippen LogP contribution in [0.5, 0.6) is 17.2 Å². The third-order valence-electron chi connectivity index (χ3n) is 2.92. The monoisotopic (exact) mass is 288 g/mol. The highest BCUT2D eigenvalue weighted by atomic mass is 32.2. The molecule has 20 heavy (non-hydrogen) atoms. The molecular formula is C17H20O2S. The van der Waals surface area contributed by atoms with Gasteiger partial charge >= 0.3 is 0 Å². The van der Waals surface area contributed by atoms with E-state index < -0.39 is 0 Å². The van der Waals surface area contributed by atoms with Gasteiger partial charge in [-0.3, -0.25) is 0 Å². The molecule has 0 radical (unpaired) electrons. The molecule has 0 bridgehead atoms. The first-order chi connectivity index (χ1) is 9.72. The molecule has 3 heteroatoms. The van der Waals surface area contributed by atoms with Crippen LogP contribution in [0.25, 0.3) is 0 Å². The largest absolute Gasteiger partial charge is 0.497 e. The summed E-state index contributed by atoms with van der Waals surface area (Å²) >= 11 is 1.88. The van der Waals surface area contributed by atoms with Gasteiger partial charge in [0.05, 0.1) is 7.11 Å². The number of methoxy groups -OCH3 is 1. The van der Waals surface area contributed by atoms with Gasteiger partial charge in [0.1, 0.15) is 17.2 Å². The van der Waals surface area contributed by atoms with Crippen molar-refractivity contribution in [2.75, 3.05) is 12.9 Å². The first-order valence-electron chi connectivity index (χ1n) is 6.78. The first kappa shape index (κ1) is 14.8. The van der Waals surface area contributed by atoms with Crippen LogP contribution in [0, 0.1) is 6.92 Å². The molecule has 0 N–H and O–H groups in total. The van der Waals surface area contributed by atoms with Gasteiger partial charge in [-0.2, -0.15) is 0 Å². The molecule has 0 aliphatic rings. The second-order valence-corrected chi connectivity index (χ2v) is 5.69. The molecule has 0 aliphatic carbocycles. The van der Waals surface area contributed by atoms with Gasteiger partial charge in [-0.15, -0.1) is 11.8 Å². The Morgan fingerprint density at radius 3 is 2.25 bits per heavy atom. The van der Waals surface area contributed by atoms with Crippen LogP contribution < -0.4 is 9.47 Å². The minimum atomic E-state index is 0.820. The van der Waals surface area contributed by atoms with Crippen molar-refractivity contribution in [2.45, 2.75) is 25.2 Å². The quantitative estimate of drug-likeness (QED) is 0.672. The van der Waals surface area contributed by atoms with Crippen molar-refractivity contribution < 1.29 is 9.47 Å². The fraction of sp³-hybridized carbons (Fsp3) is 0.294. The Bertz CT molecular complexity index is 549. The van der Waals surface area contributed by atoms with Crippen molar-refractivity contribution in [1.82, 2.24) is 0 Å². The van der Waals surface area contributed by atoms with E-state index in [0.717, 1.165) is 23.0 Å². The summed E-state index contributed by atoms with van der Waals surface area (Å²) < 4.78 is 11.0. The van der Waals surface area contributed by atoms with Crippen molar-refractivity contribution in [3.63, 3.8) is 0 Å². The van der Waals surface area contributed by atoms with E-state index >= 15 is 0 Å². The highest BCUT2D eigenvalue weighted by molar-refractivity contribution is 7.99. The second kappa shape index (κ2) is 7.25. The predicted molar refractivity (Wildman–Crippen MR) is 85.3 cm³/mol. The van der Waals surface area contributed by atoms with E-state index in [9.17, 15) is 0 Å². The SMILES string of the molecule is CCCSc1cc(Oc2ccc(OC)cc2)ccc1C. The molecule has 2 nitrogen and oxygen atoms in total. The maximum Gasteiger partial charge on any atom is 0.128 e. The van der Waals surface area contributed by atoms with Crippen LogP contribution in [0.4, 0.5) is 0 Å². The number of thioether (sulfide) groups is 1. The van der Waals surface area contributed by atoms with Gasteiger partial charge < -0.3 is 9.47 Å². The van der Waals surface area contributed by atoms with Crippen molar-refractivity contribution in [1.29, 1.82) is 0 Å². The molecule has 0 saturated heterocycles. The molecule has 0 saturated carbocycles. The second-order valence-electron chi connectivity index (χ2n) is 4.55. The molecule has 0 aromatic heterocycles. The Morgan fingerprint density at radius 2 is 1.60 bits per heavy atom. The van der Waals surface area contributed by atoms with E-state index in [1.54, 1.807) is 7.11 Å². The van der Waals surface area contributed by atoms with Crippen LogP contribution in [-0.2, 0) is 0 Å². The maximum atomic E-state index is 5.88. The molecule has 0 heterocycles. The minimum absolute atomic E-state index is 0.820. The molecule has 0 aliphatic heterocycles. The third-order valence-corrected chi connectivity index (χ3v) is 4.28. The van der Waals surface area contributed by atoms with E-state index in [1.807, 2.05) is 42.1 Å². The van der Waals surface area contributed by atoms with Gasteiger partial charge in [0.2, 0.25) is 0 Å². The Balaban J connectivity index is 2.11. The topological polar surface area (TPSA) is 18.5 Å². The van der Waals surface area contributed by atoms with Crippen LogP contribution in [0.3, 0.4) is 0 Å². The summed E-state index contributed by atoms with van der Waals surface area (Å²) in [6.07, 6.45) is 1.17. The summed E-state index contributed by atoms with van der Waals surface area (Å²) in [7, 11) is 1.66. The van der Waals surface area contributed by atoms with E-state index in [1.165, 1.54) is 16.9 Å². The molecule has 0 fully saturated rings. The highest BCUT2D eigenvalue weighted by Gasteiger charge is 2.03. The molecule has 2 rings (SSSR count). The van der Waals surface area contributed by atoms with E-state index in [2.05, 4.69) is 26.0 Å². The molecular weight excluding hydrogens is 268 g/mol. The van der Waals surface area contributed by atoms with Crippen LogP contribution in [-0.4, -0.2) is 12.9 Å². The fourth-order valence-corrected chi connectivity index (χ4v) is 2.71. The van der Waals surface area contributed by atoms with E-state index in [0.29, 0.717) is 0 Å². The Kier molecular flexibility index (Phi) is 5.36. The number of aryl methyl sites for hydroxylation is 1. The van der Waals surface area contributed by atoms with Crippen molar-refractivity contribution in [3.8, 4) is 17.2 Å². The summed E-state index contributed by atoms with van der Waals surface area (Å²) in [4.78, 5) is 1.29. The zero-order valence-electron chi connectivity index (χ0n) is 12.2. The van der Waals surface area contributed by atoms with Crippen molar-refractivity contribution in [2.24, 2.45) is 0 Å². The molecule has 0 unspecified atom stereocenters. The van der Waals surface area contributed by atoms with Gasteiger partial charge in [-0.05, 0) is 61.1 Å². The number of benzene rings is 2. The zero-order valence-corrected chi connectivity index (χ0v) is 13.0. The molecule has 106 valence electrons. The van der Waals surface area contributed by atoms with Crippen LogP contribution in [0.1, 0.15) is 18.9 Å². The summed E-state index contributed by atoms with van der Waals surface area (Å²) in [5.74, 6) is 3.66. The highest BCUT2D eigenvalue weighted by Crippen LogP contribution is 2.30. The number of hydrogen-bond donors (Lipinski definition) is 0. The van der Waals surface area contributed by atoms with Crippen LogP contribution in [0.2, 0.25) is 0 Å². The van der Waals surface area contributed by atoms with Crippen LogP contribution >= 0.6 is 11.8 Å². The van der Waals surface area contributed by atoms with Crippen molar-refractivity contribution in [3.05, 3.63) is 48.0 Å². The summed E-state index contributed by atoms with van der Waals surface area (Å²) in [6, 6.07) is 13.9. The van der Waals surface area contributed by atoms with Gasteiger partial charge in [-0.1, -0.05) is 13.0 Å². The van der Waals surface area contributed by atoms with Gasteiger partial charge in [0.25, 0.3) is 0 Å². The fourth-order valence-electron chi connectivity index (χ4n) is 1.79. The zero-order chi connectivity index (χ0) is 14.4. The number of rotatable bonds is 6. The lowest BCUT2D eigenvalue weighted by Crippen LogP contribution is -1.88. The Hall–Kier alpha value is -1.61. The first-order valence-corrected chi connectivity index (χ1v) is 7.77. The summed E-state index contributed by atoms with van der Waals surface area (Å²) in [5, 5.41) is 0. The lowest BCUT2D eigenvalue weighted by Gasteiger charge is -2.10. The molecule has 2 aromatic rings. The number of hydrogen-bond acceptors (Lipinski definition) is 3. The molecule has 0 amide bonds. The van der Waals surface area contributed by atoms with Gasteiger partial charge in [0, 0.05) is 4.90 Å². The number of ether oxygens (including phenoxy) is 2. The summed E-state index contributed by atoms with van der Waals surface area (Å²) in [6.45, 7) is 4.33. The third kappa shape index (κ3) is 3.94. The lowest BCUT2D eigenvalue weighted by molar-refractivity contribution is 0.413. The average molecular weight is 288 g/mol. The molecule has 0 spiro atoms. The maximum absolute atomic E-state index is 5.88. The molecule has 0 atom stereocenters. The predicted octanol–water partition coefficient (Wildman–Crippen LogP) is 5.30. The smallest absolute Gasteiger partial charge is 0.128 e. The molecule has 2 aromatic carbocycles. The van der Waals surface area contributed by atoms with E-state index in [4.69, 9.17) is 9.47 Å². The normalized spacial score (nSPS) is 10.3. The lowest BCUT2D eigenvalue weighted by atomic mass is 10.2. The van der Waals surface area contributed by atoms with Gasteiger partial charge in [0.15, 0.2) is 0 Å². The minimum Gasteiger partial charge on any atom is -0.497 e. The Morgan fingerprint density at radius 1 is 0.950 bits per heavy atom. The van der Waals surface area contributed by atoms with Crippen LogP contribution in [0.15, 0.2) is 47.4 Å². The summed E-state index contributed by atoms with van der Waals surface area (Å²) in [5.41, 5.74) is 1.30. The standard InChI is InChI=1S/C17H20O2S/c1-4-11-20-17-12-16(6-5-13(17)2)19-15-9-7-14(18-3)8-10-15/h5-10,12H,4,11H2,1-3H3. The van der Waals surface area contributed by atoms with E-state index in [-0.39, 0.29) is 0 Å².